The molecule has 4 aliphatic rings. The fourth-order valence-corrected chi connectivity index (χ4v) is 10.7. The molecule has 0 fully saturated rings. The number of carbonyl (C=O) groups is 1. The first-order chi connectivity index (χ1) is 30.7. The van der Waals surface area contributed by atoms with Gasteiger partial charge in [0.1, 0.15) is 0 Å². The topological polar surface area (TPSA) is 98.0 Å². The highest BCUT2D eigenvalue weighted by molar-refractivity contribution is 6.27. The molecule has 306 valence electrons. The largest absolute Gasteiger partial charge is 0.478 e. The molecule has 8 aromatic carbocycles. The molecule has 5 nitrogen and oxygen atoms in total. The fourth-order valence-electron chi connectivity index (χ4n) is 10.7. The zero-order valence-corrected chi connectivity index (χ0v) is 34.6. The maximum absolute atomic E-state index is 13.7. The Kier molecular flexibility index (Phi) is 9.43. The highest BCUT2D eigenvalue weighted by atomic mass is 16.7. The van der Waals surface area contributed by atoms with Crippen molar-refractivity contribution in [1.82, 2.24) is 0 Å². The highest BCUT2D eigenvalue weighted by Gasteiger charge is 2.33. The molecule has 0 radical (unpaired) electrons. The third kappa shape index (κ3) is 6.73. The summed E-state index contributed by atoms with van der Waals surface area (Å²) in [5.74, 6) is -3.49. The molecule has 0 bridgehead atoms. The van der Waals surface area contributed by atoms with Crippen molar-refractivity contribution < 1.29 is 25.2 Å². The van der Waals surface area contributed by atoms with Crippen molar-refractivity contribution in [3.8, 4) is 44.5 Å². The molecule has 0 heterocycles. The van der Waals surface area contributed by atoms with Gasteiger partial charge < -0.3 is 20.4 Å². The molecule has 0 saturated heterocycles. The fraction of sp³-hybridized carbons (Fsp3) is 0.121. The van der Waals surface area contributed by atoms with Crippen molar-refractivity contribution in [2.75, 3.05) is 0 Å². The molecule has 0 atom stereocenters. The van der Waals surface area contributed by atoms with Crippen LogP contribution in [0.15, 0.2) is 170 Å². The van der Waals surface area contributed by atoms with E-state index in [9.17, 15) is 9.90 Å². The third-order valence-electron chi connectivity index (χ3n) is 13.5. The van der Waals surface area contributed by atoms with Crippen molar-refractivity contribution in [2.24, 2.45) is 0 Å². The Morgan fingerprint density at radius 1 is 0.397 bits per heavy atom. The van der Waals surface area contributed by atoms with Crippen molar-refractivity contribution in [2.45, 2.75) is 44.5 Å². The minimum Gasteiger partial charge on any atom is -0.478 e. The first-order valence-corrected chi connectivity index (χ1v) is 21.7. The van der Waals surface area contributed by atoms with Gasteiger partial charge in [0.05, 0.1) is 5.57 Å². The number of aliphatic hydroxyl groups is 3. The number of benzene rings is 8. The molecule has 0 amide bonds. The van der Waals surface area contributed by atoms with Crippen LogP contribution >= 0.6 is 0 Å². The average molecular weight is 821 g/mol. The van der Waals surface area contributed by atoms with Crippen molar-refractivity contribution in [3.05, 3.63) is 237 Å². The molecule has 12 rings (SSSR count). The molecule has 0 aliphatic heterocycles. The van der Waals surface area contributed by atoms with Gasteiger partial charge in [0, 0.05) is 12.0 Å². The lowest BCUT2D eigenvalue weighted by Crippen LogP contribution is -2.27. The van der Waals surface area contributed by atoms with Crippen LogP contribution < -0.4 is 0 Å². The summed E-state index contributed by atoms with van der Waals surface area (Å²) < 4.78 is 0. The van der Waals surface area contributed by atoms with Crippen LogP contribution in [0.4, 0.5) is 0 Å². The lowest BCUT2D eigenvalue weighted by molar-refractivity contribution is -0.314. The first-order valence-electron chi connectivity index (χ1n) is 21.7. The first kappa shape index (κ1) is 38.7. The summed E-state index contributed by atoms with van der Waals surface area (Å²) in [4.78, 5) is 13.7. The Balaban J connectivity index is 0.000000196. The summed E-state index contributed by atoms with van der Waals surface area (Å²) in [5, 5.41) is 38.3. The molecule has 5 heteroatoms. The quantitative estimate of drug-likeness (QED) is 0.0729. The number of carboxylic acids is 1. The van der Waals surface area contributed by atoms with Gasteiger partial charge in [0.2, 0.25) is 0 Å². The van der Waals surface area contributed by atoms with Gasteiger partial charge in [-0.1, -0.05) is 170 Å². The van der Waals surface area contributed by atoms with Crippen LogP contribution in [0.2, 0.25) is 0 Å². The van der Waals surface area contributed by atoms with Crippen LogP contribution in [-0.2, 0) is 36.9 Å². The van der Waals surface area contributed by atoms with E-state index in [0.29, 0.717) is 12.0 Å². The van der Waals surface area contributed by atoms with Crippen LogP contribution in [0.1, 0.15) is 73.2 Å². The smallest absolute Gasteiger partial charge is 0.336 e. The van der Waals surface area contributed by atoms with Gasteiger partial charge in [0.15, 0.2) is 0 Å². The normalized spacial score (nSPS) is 13.0. The number of fused-ring (bicyclic) bond motifs is 12. The summed E-state index contributed by atoms with van der Waals surface area (Å²) in [6.07, 6.45) is 3.52. The summed E-state index contributed by atoms with van der Waals surface area (Å²) in [6, 6.07) is 58.9. The van der Waals surface area contributed by atoms with Crippen LogP contribution in [0, 0.1) is 0 Å². The number of hydrogen-bond acceptors (Lipinski definition) is 4. The van der Waals surface area contributed by atoms with E-state index in [4.69, 9.17) is 15.3 Å². The monoisotopic (exact) mass is 820 g/mol. The lowest BCUT2D eigenvalue weighted by atomic mass is 9.81. The van der Waals surface area contributed by atoms with Gasteiger partial charge in [-0.3, -0.25) is 0 Å². The molecule has 8 aromatic rings. The molecular weight excluding hydrogens is 777 g/mol. The van der Waals surface area contributed by atoms with Crippen LogP contribution in [0.3, 0.4) is 0 Å². The molecule has 0 spiro atoms. The number of aryl methyl sites for hydroxylation is 1. The van der Waals surface area contributed by atoms with E-state index in [1.165, 1.54) is 77.9 Å². The standard InChI is InChI=1S/C42H28O2.C16H16O3/c43-42(44)41(36-21-9-18-33-30-15-6-3-12-27(30)24-39(33)36)40(34-19-7-16-31-28-13-4-1-10-25(28)22-37(31)34)35-20-8-17-32-29-14-5-2-11-26(29)23-38(32)35;17-16(18,19)9-8-11-5-3-7-14-13-6-2-1-4-12(13)10-15(11)14/h1-21H,22-24H2,(H,43,44);1-7,17-19H,8-10H2. The average Bonchev–Trinajstić information content (AvgIpc) is 4.08. The Morgan fingerprint density at radius 3 is 1.14 bits per heavy atom. The van der Waals surface area contributed by atoms with Crippen LogP contribution in [-0.4, -0.2) is 32.4 Å². The molecule has 0 saturated carbocycles. The van der Waals surface area contributed by atoms with E-state index in [1.54, 1.807) is 0 Å². The second-order valence-electron chi connectivity index (χ2n) is 17.1. The summed E-state index contributed by atoms with van der Waals surface area (Å²) in [6.45, 7) is 0. The molecule has 0 aromatic heterocycles. The number of hydrogen-bond donors (Lipinski definition) is 4. The van der Waals surface area contributed by atoms with Crippen molar-refractivity contribution >= 4 is 17.1 Å². The summed E-state index contributed by atoms with van der Waals surface area (Å²) in [5.41, 5.74) is 24.6. The maximum Gasteiger partial charge on any atom is 0.336 e. The van der Waals surface area contributed by atoms with Gasteiger partial charge in [-0.2, -0.15) is 0 Å². The van der Waals surface area contributed by atoms with Gasteiger partial charge in [-0.25, -0.2) is 4.79 Å². The second-order valence-corrected chi connectivity index (χ2v) is 17.1. The number of rotatable bonds is 7. The van der Waals surface area contributed by atoms with Gasteiger partial charge in [-0.15, -0.1) is 0 Å². The Morgan fingerprint density at radius 2 is 0.730 bits per heavy atom. The zero-order valence-electron chi connectivity index (χ0n) is 34.6. The minimum atomic E-state index is -2.59. The van der Waals surface area contributed by atoms with Crippen LogP contribution in [0.25, 0.3) is 55.7 Å². The Labute approximate surface area is 366 Å². The Bertz CT molecular complexity index is 3100. The van der Waals surface area contributed by atoms with Crippen LogP contribution in [0.5, 0.6) is 0 Å². The zero-order chi connectivity index (χ0) is 42.8. The minimum absolute atomic E-state index is 0.0835. The third-order valence-corrected chi connectivity index (χ3v) is 13.5. The number of carboxylic acid groups (broad SMARTS) is 1. The van der Waals surface area contributed by atoms with Gasteiger partial charge in [-0.05, 0) is 143 Å². The summed E-state index contributed by atoms with van der Waals surface area (Å²) in [7, 11) is 0. The van der Waals surface area contributed by atoms with E-state index < -0.39 is 11.9 Å². The molecule has 63 heavy (non-hydrogen) atoms. The SMILES string of the molecule is O=C(O)C(=C(c1cccc2c1Cc1ccccc1-2)c1cccc2c1Cc1ccccc1-2)c1cccc2c1Cc1ccccc1-2.OC(O)(O)CCc1cccc2c1Cc1ccccc1-2. The van der Waals surface area contributed by atoms with Gasteiger partial charge in [0.25, 0.3) is 5.97 Å². The molecule has 4 aliphatic carbocycles. The lowest BCUT2D eigenvalue weighted by Gasteiger charge is -2.21. The molecule has 0 unspecified atom stereocenters. The predicted octanol–water partition coefficient (Wildman–Crippen LogP) is 11.3. The molecular formula is C58H44O5. The molecule has 4 N–H and O–H groups in total. The van der Waals surface area contributed by atoms with Crippen molar-refractivity contribution in [3.63, 3.8) is 0 Å². The van der Waals surface area contributed by atoms with E-state index in [2.05, 4.69) is 133 Å². The van der Waals surface area contributed by atoms with Crippen molar-refractivity contribution in [1.29, 1.82) is 0 Å². The predicted molar refractivity (Wildman–Crippen MR) is 250 cm³/mol. The summed E-state index contributed by atoms with van der Waals surface area (Å²) >= 11 is 0. The maximum atomic E-state index is 13.7. The van der Waals surface area contributed by atoms with Gasteiger partial charge >= 0.3 is 5.97 Å². The number of aliphatic carboxylic acids is 1. The van der Waals surface area contributed by atoms with E-state index in [1.807, 2.05) is 36.4 Å². The van der Waals surface area contributed by atoms with E-state index in [-0.39, 0.29) is 6.42 Å². The van der Waals surface area contributed by atoms with E-state index in [0.717, 1.165) is 64.6 Å². The highest BCUT2D eigenvalue weighted by Crippen LogP contribution is 2.49. The Hall–Kier alpha value is -7.15. The van der Waals surface area contributed by atoms with E-state index >= 15 is 0 Å². The second kappa shape index (κ2) is 15.3.